The molecule has 2 rings (SSSR count). The van der Waals surface area contributed by atoms with Gasteiger partial charge in [0.1, 0.15) is 5.75 Å². The lowest BCUT2D eigenvalue weighted by atomic mass is 10.1. The zero-order chi connectivity index (χ0) is 16.1. The van der Waals surface area contributed by atoms with Gasteiger partial charge in [-0.05, 0) is 68.1 Å². The molecule has 3 nitrogen and oxygen atoms in total. The maximum atomic E-state index is 12.2. The highest BCUT2D eigenvalue weighted by molar-refractivity contribution is 5.94. The molecule has 0 spiro atoms. The molecular weight excluding hydrogens is 274 g/mol. The highest BCUT2D eigenvalue weighted by Crippen LogP contribution is 2.18. The van der Waals surface area contributed by atoms with E-state index in [-0.39, 0.29) is 5.91 Å². The minimum atomic E-state index is -0.548. The molecule has 1 amide bonds. The van der Waals surface area contributed by atoms with Gasteiger partial charge in [0.2, 0.25) is 0 Å². The number of hydrogen-bond acceptors (Lipinski definition) is 2. The summed E-state index contributed by atoms with van der Waals surface area (Å²) in [5.41, 5.74) is 4.40. The molecule has 2 aromatic rings. The van der Waals surface area contributed by atoms with Crippen LogP contribution in [-0.4, -0.2) is 12.0 Å². The monoisotopic (exact) mass is 297 g/mol. The second-order valence-electron chi connectivity index (χ2n) is 5.55. The molecule has 0 bridgehead atoms. The number of nitrogens with one attached hydrogen (secondary N) is 1. The van der Waals surface area contributed by atoms with Crippen LogP contribution >= 0.6 is 0 Å². The molecule has 0 aliphatic rings. The lowest BCUT2D eigenvalue weighted by molar-refractivity contribution is -0.122. The molecule has 1 N–H and O–H groups in total. The summed E-state index contributed by atoms with van der Waals surface area (Å²) in [6.07, 6.45) is 0.438. The summed E-state index contributed by atoms with van der Waals surface area (Å²) in [4.78, 5) is 12.2. The van der Waals surface area contributed by atoms with Crippen LogP contribution in [0.5, 0.6) is 5.75 Å². The number of carbonyl (C=O) groups is 1. The van der Waals surface area contributed by atoms with E-state index in [1.807, 2.05) is 49.4 Å². The van der Waals surface area contributed by atoms with Crippen LogP contribution in [0.1, 0.15) is 30.5 Å². The average molecular weight is 297 g/mol. The second kappa shape index (κ2) is 7.12. The fourth-order valence-corrected chi connectivity index (χ4v) is 2.11. The SMILES string of the molecule is CCc1ccc(NC(=O)[C@H](C)Oc2ccc(C)c(C)c2)cc1. The molecule has 0 aliphatic carbocycles. The van der Waals surface area contributed by atoms with E-state index >= 15 is 0 Å². The maximum Gasteiger partial charge on any atom is 0.265 e. The minimum absolute atomic E-state index is 0.150. The number of amides is 1. The highest BCUT2D eigenvalue weighted by Gasteiger charge is 2.15. The van der Waals surface area contributed by atoms with E-state index in [1.54, 1.807) is 6.92 Å². The first kappa shape index (κ1) is 16.1. The Morgan fingerprint density at radius 2 is 1.77 bits per heavy atom. The molecule has 0 saturated carbocycles. The van der Waals surface area contributed by atoms with Gasteiger partial charge in [-0.15, -0.1) is 0 Å². The van der Waals surface area contributed by atoms with Crippen molar-refractivity contribution >= 4 is 11.6 Å². The Hall–Kier alpha value is -2.29. The Bertz CT molecular complexity index is 647. The maximum absolute atomic E-state index is 12.2. The van der Waals surface area contributed by atoms with E-state index in [0.717, 1.165) is 17.7 Å². The number of benzene rings is 2. The van der Waals surface area contributed by atoms with Gasteiger partial charge in [-0.2, -0.15) is 0 Å². The van der Waals surface area contributed by atoms with Crippen molar-refractivity contribution in [1.29, 1.82) is 0 Å². The Labute approximate surface area is 132 Å². The molecule has 1 atom stereocenters. The van der Waals surface area contributed by atoms with E-state index in [2.05, 4.69) is 19.2 Å². The van der Waals surface area contributed by atoms with Crippen LogP contribution in [0.2, 0.25) is 0 Å². The van der Waals surface area contributed by atoms with Crippen molar-refractivity contribution in [2.24, 2.45) is 0 Å². The predicted molar refractivity (Wildman–Crippen MR) is 90.5 cm³/mol. The Morgan fingerprint density at radius 1 is 1.09 bits per heavy atom. The van der Waals surface area contributed by atoms with Crippen LogP contribution in [0.15, 0.2) is 42.5 Å². The van der Waals surface area contributed by atoms with Gasteiger partial charge >= 0.3 is 0 Å². The van der Waals surface area contributed by atoms with Gasteiger partial charge < -0.3 is 10.1 Å². The Kier molecular flexibility index (Phi) is 5.21. The van der Waals surface area contributed by atoms with Gasteiger partial charge in [0.15, 0.2) is 6.10 Å². The summed E-state index contributed by atoms with van der Waals surface area (Å²) in [7, 11) is 0. The summed E-state index contributed by atoms with van der Waals surface area (Å²) in [5, 5.41) is 2.88. The van der Waals surface area contributed by atoms with E-state index < -0.39 is 6.10 Å². The molecular formula is C19H23NO2. The summed E-state index contributed by atoms with van der Waals surface area (Å²) >= 11 is 0. The van der Waals surface area contributed by atoms with Crippen molar-refractivity contribution in [3.63, 3.8) is 0 Å². The molecule has 0 radical (unpaired) electrons. The first-order chi connectivity index (χ1) is 10.5. The molecule has 116 valence electrons. The topological polar surface area (TPSA) is 38.3 Å². The molecule has 3 heteroatoms. The number of anilines is 1. The molecule has 22 heavy (non-hydrogen) atoms. The molecule has 0 fully saturated rings. The second-order valence-corrected chi connectivity index (χ2v) is 5.55. The molecule has 0 saturated heterocycles. The van der Waals surface area contributed by atoms with E-state index in [9.17, 15) is 4.79 Å². The average Bonchev–Trinajstić information content (AvgIpc) is 2.51. The van der Waals surface area contributed by atoms with Crippen molar-refractivity contribution in [3.05, 3.63) is 59.2 Å². The smallest absolute Gasteiger partial charge is 0.265 e. The summed E-state index contributed by atoms with van der Waals surface area (Å²) in [6.45, 7) is 7.94. The first-order valence-electron chi connectivity index (χ1n) is 7.63. The lowest BCUT2D eigenvalue weighted by Crippen LogP contribution is -2.30. The number of hydrogen-bond donors (Lipinski definition) is 1. The van der Waals surface area contributed by atoms with Gasteiger partial charge in [0.05, 0.1) is 0 Å². The first-order valence-corrected chi connectivity index (χ1v) is 7.63. The molecule has 2 aromatic carbocycles. The van der Waals surface area contributed by atoms with E-state index in [0.29, 0.717) is 5.75 Å². The number of rotatable bonds is 5. The van der Waals surface area contributed by atoms with Crippen molar-refractivity contribution in [3.8, 4) is 5.75 Å². The van der Waals surface area contributed by atoms with Crippen LogP contribution in [-0.2, 0) is 11.2 Å². The number of carbonyl (C=O) groups excluding carboxylic acids is 1. The van der Waals surface area contributed by atoms with Crippen molar-refractivity contribution in [2.75, 3.05) is 5.32 Å². The van der Waals surface area contributed by atoms with Gasteiger partial charge in [-0.3, -0.25) is 4.79 Å². The Morgan fingerprint density at radius 3 is 2.36 bits per heavy atom. The van der Waals surface area contributed by atoms with Gasteiger partial charge in [-0.1, -0.05) is 25.1 Å². The van der Waals surface area contributed by atoms with Crippen LogP contribution in [0.3, 0.4) is 0 Å². The normalized spacial score (nSPS) is 11.8. The van der Waals surface area contributed by atoms with Crippen LogP contribution in [0.4, 0.5) is 5.69 Å². The molecule has 0 heterocycles. The Balaban J connectivity index is 1.97. The minimum Gasteiger partial charge on any atom is -0.481 e. The molecule has 0 aliphatic heterocycles. The van der Waals surface area contributed by atoms with E-state index in [4.69, 9.17) is 4.74 Å². The number of aryl methyl sites for hydroxylation is 3. The number of ether oxygens (including phenoxy) is 1. The van der Waals surface area contributed by atoms with Gasteiger partial charge in [-0.25, -0.2) is 0 Å². The van der Waals surface area contributed by atoms with Gasteiger partial charge in [0.25, 0.3) is 5.91 Å². The summed E-state index contributed by atoms with van der Waals surface area (Å²) < 4.78 is 5.72. The highest BCUT2D eigenvalue weighted by atomic mass is 16.5. The zero-order valence-corrected chi connectivity index (χ0v) is 13.6. The zero-order valence-electron chi connectivity index (χ0n) is 13.6. The third-order valence-electron chi connectivity index (χ3n) is 3.79. The third kappa shape index (κ3) is 4.10. The van der Waals surface area contributed by atoms with Crippen LogP contribution in [0.25, 0.3) is 0 Å². The summed E-state index contributed by atoms with van der Waals surface area (Å²) in [5.74, 6) is 0.564. The standard InChI is InChI=1S/C19H23NO2/c1-5-16-7-9-17(10-8-16)20-19(21)15(4)22-18-11-6-13(2)14(3)12-18/h6-12,15H,5H2,1-4H3,(H,20,21)/t15-/m0/s1. The third-order valence-corrected chi connectivity index (χ3v) is 3.79. The lowest BCUT2D eigenvalue weighted by Gasteiger charge is -2.15. The van der Waals surface area contributed by atoms with Crippen molar-refractivity contribution in [1.82, 2.24) is 0 Å². The van der Waals surface area contributed by atoms with Crippen LogP contribution < -0.4 is 10.1 Å². The fraction of sp³-hybridized carbons (Fsp3) is 0.316. The van der Waals surface area contributed by atoms with Crippen molar-refractivity contribution in [2.45, 2.75) is 40.2 Å². The van der Waals surface area contributed by atoms with Gasteiger partial charge in [0, 0.05) is 5.69 Å². The van der Waals surface area contributed by atoms with Crippen molar-refractivity contribution < 1.29 is 9.53 Å². The van der Waals surface area contributed by atoms with E-state index in [1.165, 1.54) is 11.1 Å². The molecule has 0 aromatic heterocycles. The predicted octanol–water partition coefficient (Wildman–Crippen LogP) is 4.27. The molecule has 0 unspecified atom stereocenters. The largest absolute Gasteiger partial charge is 0.481 e. The van der Waals surface area contributed by atoms with Crippen LogP contribution in [0, 0.1) is 13.8 Å². The quantitative estimate of drug-likeness (QED) is 0.895. The summed E-state index contributed by atoms with van der Waals surface area (Å²) in [6, 6.07) is 13.7. The fourth-order valence-electron chi connectivity index (χ4n) is 2.11.